The molecule has 2 aromatic heterocycles. The van der Waals surface area contributed by atoms with Gasteiger partial charge >= 0.3 is 12.1 Å². The number of hydrogen-bond acceptors (Lipinski definition) is 7. The van der Waals surface area contributed by atoms with E-state index in [4.69, 9.17) is 19.2 Å². The standard InChI is InChI=1S/C26H27N3O6/c1-14(30)15-8-9-16-12-20(29(19(16)11-15)25(32)35-26(2,3)4)23-27-18-10-17(24(31)34-7)13-21(33-6)22(18)28(23)5/h8-13H,1-7H3. The van der Waals surface area contributed by atoms with Gasteiger partial charge in [-0.15, -0.1) is 0 Å². The van der Waals surface area contributed by atoms with E-state index in [2.05, 4.69) is 0 Å². The van der Waals surface area contributed by atoms with Crippen molar-refractivity contribution in [2.75, 3.05) is 14.2 Å². The second-order valence-electron chi connectivity index (χ2n) is 9.21. The Morgan fingerprint density at radius 3 is 2.29 bits per heavy atom. The number of imidazole rings is 1. The summed E-state index contributed by atoms with van der Waals surface area (Å²) in [4.78, 5) is 42.3. The Balaban J connectivity index is 2.03. The number of Topliss-reactive ketones (excluding diaryl/α,β-unsaturated/α-hetero) is 1. The van der Waals surface area contributed by atoms with Gasteiger partial charge in [0.05, 0.1) is 36.5 Å². The van der Waals surface area contributed by atoms with Crippen LogP contribution < -0.4 is 4.74 Å². The number of aromatic nitrogens is 3. The summed E-state index contributed by atoms with van der Waals surface area (Å²) in [7, 11) is 4.60. The molecule has 9 heteroatoms. The van der Waals surface area contributed by atoms with Crippen molar-refractivity contribution in [1.29, 1.82) is 0 Å². The molecule has 0 aliphatic heterocycles. The van der Waals surface area contributed by atoms with Crippen molar-refractivity contribution >= 4 is 39.8 Å². The largest absolute Gasteiger partial charge is 0.494 e. The fourth-order valence-corrected chi connectivity index (χ4v) is 4.02. The van der Waals surface area contributed by atoms with Gasteiger partial charge in [0.15, 0.2) is 11.6 Å². The van der Waals surface area contributed by atoms with Crippen molar-refractivity contribution < 1.29 is 28.6 Å². The number of ether oxygens (including phenoxy) is 3. The van der Waals surface area contributed by atoms with E-state index in [0.717, 1.165) is 5.39 Å². The number of benzene rings is 2. The third-order valence-electron chi connectivity index (χ3n) is 5.59. The van der Waals surface area contributed by atoms with Crippen molar-refractivity contribution in [3.8, 4) is 17.3 Å². The average Bonchev–Trinajstić information content (AvgIpc) is 3.33. The number of ketones is 1. The number of carbonyl (C=O) groups excluding carboxylic acids is 3. The molecule has 35 heavy (non-hydrogen) atoms. The van der Waals surface area contributed by atoms with E-state index in [1.807, 2.05) is 6.07 Å². The fourth-order valence-electron chi connectivity index (χ4n) is 4.02. The molecule has 0 unspecified atom stereocenters. The minimum atomic E-state index is -0.742. The number of esters is 1. The first-order chi connectivity index (χ1) is 16.4. The van der Waals surface area contributed by atoms with Crippen LogP contribution in [0.25, 0.3) is 33.5 Å². The number of nitrogens with zero attached hydrogens (tertiary/aromatic N) is 3. The quantitative estimate of drug-likeness (QED) is 0.302. The van der Waals surface area contributed by atoms with Crippen molar-refractivity contribution in [3.63, 3.8) is 0 Å². The van der Waals surface area contributed by atoms with Gasteiger partial charge in [0.25, 0.3) is 0 Å². The zero-order valence-electron chi connectivity index (χ0n) is 20.8. The molecular formula is C26H27N3O6. The Bertz CT molecular complexity index is 1500. The van der Waals surface area contributed by atoms with Crippen LogP contribution in [0.3, 0.4) is 0 Å². The molecule has 0 saturated carbocycles. The van der Waals surface area contributed by atoms with Crippen LogP contribution in [-0.2, 0) is 16.5 Å². The van der Waals surface area contributed by atoms with E-state index < -0.39 is 17.7 Å². The lowest BCUT2D eigenvalue weighted by Gasteiger charge is -2.21. The van der Waals surface area contributed by atoms with Crippen LogP contribution in [0.4, 0.5) is 4.79 Å². The summed E-state index contributed by atoms with van der Waals surface area (Å²) >= 11 is 0. The van der Waals surface area contributed by atoms with Crippen LogP contribution in [0, 0.1) is 0 Å². The first-order valence-corrected chi connectivity index (χ1v) is 11.0. The van der Waals surface area contributed by atoms with Gasteiger partial charge in [-0.2, -0.15) is 0 Å². The SMILES string of the molecule is COC(=O)c1cc(OC)c2c(c1)nc(-c1cc3ccc(C(C)=O)cc3n1C(=O)OC(C)(C)C)n2C. The van der Waals surface area contributed by atoms with Gasteiger partial charge in [0.1, 0.15) is 16.9 Å². The molecule has 182 valence electrons. The van der Waals surface area contributed by atoms with E-state index in [9.17, 15) is 14.4 Å². The summed E-state index contributed by atoms with van der Waals surface area (Å²) < 4.78 is 19.3. The molecule has 2 aromatic carbocycles. The van der Waals surface area contributed by atoms with E-state index in [1.54, 1.807) is 62.7 Å². The van der Waals surface area contributed by atoms with Crippen molar-refractivity contribution in [2.24, 2.45) is 7.05 Å². The second kappa shape index (κ2) is 8.57. The van der Waals surface area contributed by atoms with Crippen LogP contribution in [0.15, 0.2) is 36.4 Å². The lowest BCUT2D eigenvalue weighted by molar-refractivity contribution is 0.0545. The topological polar surface area (TPSA) is 102 Å². The van der Waals surface area contributed by atoms with E-state index in [-0.39, 0.29) is 5.78 Å². The summed E-state index contributed by atoms with van der Waals surface area (Å²) in [6, 6.07) is 10.2. The average molecular weight is 478 g/mol. The molecule has 0 amide bonds. The van der Waals surface area contributed by atoms with Crippen LogP contribution in [0.5, 0.6) is 5.75 Å². The highest BCUT2D eigenvalue weighted by atomic mass is 16.6. The second-order valence-corrected chi connectivity index (χ2v) is 9.21. The minimum absolute atomic E-state index is 0.117. The van der Waals surface area contributed by atoms with Crippen molar-refractivity contribution in [2.45, 2.75) is 33.3 Å². The number of fused-ring (bicyclic) bond motifs is 2. The summed E-state index contributed by atoms with van der Waals surface area (Å²) in [6.45, 7) is 6.82. The van der Waals surface area contributed by atoms with Crippen LogP contribution in [0.1, 0.15) is 48.4 Å². The predicted molar refractivity (Wildman–Crippen MR) is 131 cm³/mol. The van der Waals surface area contributed by atoms with E-state index >= 15 is 0 Å². The van der Waals surface area contributed by atoms with Crippen molar-refractivity contribution in [3.05, 3.63) is 47.5 Å². The minimum Gasteiger partial charge on any atom is -0.494 e. The number of hydrogen-bond donors (Lipinski definition) is 0. The maximum absolute atomic E-state index is 13.4. The zero-order chi connectivity index (χ0) is 25.7. The monoisotopic (exact) mass is 477 g/mol. The molecule has 4 aromatic rings. The Hall–Kier alpha value is -4.14. The summed E-state index contributed by atoms with van der Waals surface area (Å²) in [5.41, 5.74) is 2.15. The van der Waals surface area contributed by atoms with Gasteiger partial charge in [-0.25, -0.2) is 19.1 Å². The molecular weight excluding hydrogens is 450 g/mol. The first-order valence-electron chi connectivity index (χ1n) is 11.0. The molecule has 0 atom stereocenters. The Labute approximate surface area is 202 Å². The maximum atomic E-state index is 13.4. The lowest BCUT2D eigenvalue weighted by Crippen LogP contribution is -2.27. The number of carbonyl (C=O) groups is 3. The molecule has 0 spiro atoms. The molecule has 2 heterocycles. The highest BCUT2D eigenvalue weighted by Crippen LogP contribution is 2.35. The molecule has 0 saturated heterocycles. The number of methoxy groups -OCH3 is 2. The van der Waals surface area contributed by atoms with Crippen molar-refractivity contribution in [1.82, 2.24) is 14.1 Å². The molecule has 0 N–H and O–H groups in total. The van der Waals surface area contributed by atoms with Crippen LogP contribution in [-0.4, -0.2) is 51.8 Å². The predicted octanol–water partition coefficient (Wildman–Crippen LogP) is 4.98. The van der Waals surface area contributed by atoms with Crippen LogP contribution >= 0.6 is 0 Å². The fraction of sp³-hybridized carbons (Fsp3) is 0.308. The Morgan fingerprint density at radius 1 is 0.971 bits per heavy atom. The zero-order valence-corrected chi connectivity index (χ0v) is 20.8. The van der Waals surface area contributed by atoms with Gasteiger partial charge in [0.2, 0.25) is 0 Å². The third kappa shape index (κ3) is 4.25. The van der Waals surface area contributed by atoms with Gasteiger partial charge in [-0.1, -0.05) is 12.1 Å². The molecule has 0 aliphatic rings. The van der Waals surface area contributed by atoms with E-state index in [1.165, 1.54) is 25.7 Å². The molecule has 0 radical (unpaired) electrons. The smallest absolute Gasteiger partial charge is 0.419 e. The normalized spacial score (nSPS) is 11.6. The van der Waals surface area contributed by atoms with Gasteiger partial charge in [-0.05, 0) is 52.0 Å². The summed E-state index contributed by atoms with van der Waals surface area (Å²) in [6.07, 6.45) is -0.600. The molecule has 0 bridgehead atoms. The highest BCUT2D eigenvalue weighted by molar-refractivity contribution is 6.02. The third-order valence-corrected chi connectivity index (χ3v) is 5.59. The lowest BCUT2D eigenvalue weighted by atomic mass is 10.1. The molecule has 9 nitrogen and oxygen atoms in total. The Morgan fingerprint density at radius 2 is 1.69 bits per heavy atom. The number of aryl methyl sites for hydroxylation is 1. The van der Waals surface area contributed by atoms with Gasteiger partial charge in [-0.3, -0.25) is 4.79 Å². The molecule has 0 fully saturated rings. The highest BCUT2D eigenvalue weighted by Gasteiger charge is 2.26. The van der Waals surface area contributed by atoms with Crippen LogP contribution in [0.2, 0.25) is 0 Å². The van der Waals surface area contributed by atoms with E-state index in [0.29, 0.717) is 44.9 Å². The molecule has 0 aliphatic carbocycles. The van der Waals surface area contributed by atoms with Gasteiger partial charge in [0, 0.05) is 18.0 Å². The summed E-state index contributed by atoms with van der Waals surface area (Å²) in [5.74, 6) is 0.250. The van der Waals surface area contributed by atoms with Gasteiger partial charge < -0.3 is 18.8 Å². The number of rotatable bonds is 4. The molecule has 4 rings (SSSR count). The summed E-state index contributed by atoms with van der Waals surface area (Å²) in [5, 5.41) is 0.741. The first kappa shape index (κ1) is 24.0. The Kier molecular flexibility index (Phi) is 5.88. The maximum Gasteiger partial charge on any atom is 0.419 e.